The van der Waals surface area contributed by atoms with Crippen LogP contribution >= 0.6 is 0 Å². The summed E-state index contributed by atoms with van der Waals surface area (Å²) in [6, 6.07) is 6.22. The zero-order chi connectivity index (χ0) is 16.9. The average Bonchev–Trinajstić information content (AvgIpc) is 3.09. The Morgan fingerprint density at radius 3 is 2.88 bits per heavy atom. The highest BCUT2D eigenvalue weighted by molar-refractivity contribution is 5.75. The lowest BCUT2D eigenvalue weighted by molar-refractivity contribution is -0.120. The fourth-order valence-electron chi connectivity index (χ4n) is 3.22. The lowest BCUT2D eigenvalue weighted by Crippen LogP contribution is -2.25. The number of hydrogen-bond acceptors (Lipinski definition) is 5. The van der Waals surface area contributed by atoms with Crippen LogP contribution in [0.4, 0.5) is 5.95 Å². The highest BCUT2D eigenvalue weighted by Gasteiger charge is 2.29. The molecular weight excluding hydrogens is 302 g/mol. The molecule has 3 rings (SSSR count). The van der Waals surface area contributed by atoms with Crippen molar-refractivity contribution in [1.82, 2.24) is 20.3 Å². The van der Waals surface area contributed by atoms with Crippen molar-refractivity contribution in [3.05, 3.63) is 47.5 Å². The molecule has 0 radical (unpaired) electrons. The maximum atomic E-state index is 11.5. The first kappa shape index (κ1) is 16.4. The van der Waals surface area contributed by atoms with Crippen molar-refractivity contribution >= 4 is 11.9 Å². The van der Waals surface area contributed by atoms with E-state index in [4.69, 9.17) is 4.98 Å². The average molecular weight is 325 g/mol. The molecule has 1 amide bonds. The Labute approximate surface area is 142 Å². The number of aromatic nitrogens is 3. The van der Waals surface area contributed by atoms with E-state index in [-0.39, 0.29) is 11.9 Å². The quantitative estimate of drug-likeness (QED) is 0.912. The van der Waals surface area contributed by atoms with Crippen LogP contribution in [0.5, 0.6) is 0 Å². The molecule has 126 valence electrons. The Kier molecular flexibility index (Phi) is 5.03. The highest BCUT2D eigenvalue weighted by atomic mass is 16.1. The van der Waals surface area contributed by atoms with Crippen molar-refractivity contribution in [2.75, 3.05) is 18.5 Å². The van der Waals surface area contributed by atoms with Crippen molar-refractivity contribution < 1.29 is 4.79 Å². The van der Waals surface area contributed by atoms with Crippen molar-refractivity contribution in [3.63, 3.8) is 0 Å². The molecule has 6 heteroatoms. The SMILES string of the molecule is CNC(=O)CCc1cc(C)nc([C@@H]2CCCN2c2ncccn2)c1. The van der Waals surface area contributed by atoms with Gasteiger partial charge >= 0.3 is 0 Å². The first-order valence-corrected chi connectivity index (χ1v) is 8.39. The number of nitrogens with zero attached hydrogens (tertiary/aromatic N) is 4. The van der Waals surface area contributed by atoms with Gasteiger partial charge in [-0.2, -0.15) is 0 Å². The number of pyridine rings is 1. The molecule has 0 spiro atoms. The van der Waals surface area contributed by atoms with E-state index in [0.29, 0.717) is 6.42 Å². The van der Waals surface area contributed by atoms with Gasteiger partial charge in [0.15, 0.2) is 0 Å². The number of hydrogen-bond donors (Lipinski definition) is 1. The Hall–Kier alpha value is -2.50. The standard InChI is InChI=1S/C18H23N5O/c1-13-11-14(6-7-17(24)19-2)12-15(22-13)16-5-3-10-23(16)18-20-8-4-9-21-18/h4,8-9,11-12,16H,3,5-7,10H2,1-2H3,(H,19,24)/t16-/m0/s1. The van der Waals surface area contributed by atoms with Gasteiger partial charge in [0, 0.05) is 38.1 Å². The van der Waals surface area contributed by atoms with Crippen molar-refractivity contribution in [2.24, 2.45) is 0 Å². The molecular formula is C18H23N5O. The zero-order valence-corrected chi connectivity index (χ0v) is 14.2. The number of aryl methyl sites for hydroxylation is 2. The molecule has 0 aliphatic carbocycles. The number of anilines is 1. The second-order valence-corrected chi connectivity index (χ2v) is 6.12. The minimum Gasteiger partial charge on any atom is -0.359 e. The van der Waals surface area contributed by atoms with E-state index >= 15 is 0 Å². The van der Waals surface area contributed by atoms with E-state index in [1.54, 1.807) is 19.4 Å². The summed E-state index contributed by atoms with van der Waals surface area (Å²) in [5.41, 5.74) is 3.19. The van der Waals surface area contributed by atoms with Crippen LogP contribution in [-0.2, 0) is 11.2 Å². The minimum atomic E-state index is 0.0613. The summed E-state index contributed by atoms with van der Waals surface area (Å²) in [5.74, 6) is 0.821. The fourth-order valence-corrected chi connectivity index (χ4v) is 3.22. The summed E-state index contributed by atoms with van der Waals surface area (Å²) in [4.78, 5) is 27.2. The maximum Gasteiger partial charge on any atom is 0.225 e. The van der Waals surface area contributed by atoms with Gasteiger partial charge in [0.1, 0.15) is 0 Å². The molecule has 24 heavy (non-hydrogen) atoms. The van der Waals surface area contributed by atoms with Crippen LogP contribution in [0.3, 0.4) is 0 Å². The van der Waals surface area contributed by atoms with Crippen LogP contribution in [-0.4, -0.2) is 34.5 Å². The summed E-state index contributed by atoms with van der Waals surface area (Å²) in [7, 11) is 1.67. The van der Waals surface area contributed by atoms with Crippen LogP contribution in [0, 0.1) is 6.92 Å². The lowest BCUT2D eigenvalue weighted by atomic mass is 10.0. The molecule has 2 aromatic heterocycles. The third kappa shape index (κ3) is 3.69. The Bertz CT molecular complexity index is 704. The molecule has 1 aliphatic heterocycles. The van der Waals surface area contributed by atoms with Gasteiger partial charge in [0.2, 0.25) is 11.9 Å². The van der Waals surface area contributed by atoms with Crippen LogP contribution in [0.25, 0.3) is 0 Å². The molecule has 0 saturated carbocycles. The summed E-state index contributed by atoms with van der Waals surface area (Å²) in [5, 5.41) is 2.67. The monoisotopic (exact) mass is 325 g/mol. The Balaban J connectivity index is 1.82. The minimum absolute atomic E-state index is 0.0613. The van der Waals surface area contributed by atoms with Gasteiger partial charge in [0.25, 0.3) is 0 Å². The molecule has 1 atom stereocenters. The lowest BCUT2D eigenvalue weighted by Gasteiger charge is -2.24. The molecule has 1 aliphatic rings. The molecule has 3 heterocycles. The molecule has 0 aromatic carbocycles. The second kappa shape index (κ2) is 7.38. The Morgan fingerprint density at radius 1 is 1.33 bits per heavy atom. The fraction of sp³-hybridized carbons (Fsp3) is 0.444. The first-order chi connectivity index (χ1) is 11.7. The maximum absolute atomic E-state index is 11.5. The smallest absolute Gasteiger partial charge is 0.225 e. The van der Waals surface area contributed by atoms with Crippen LogP contribution in [0.15, 0.2) is 30.6 Å². The summed E-state index contributed by atoms with van der Waals surface area (Å²) in [6.07, 6.45) is 6.92. The summed E-state index contributed by atoms with van der Waals surface area (Å²) in [6.45, 7) is 2.95. The van der Waals surface area contributed by atoms with Gasteiger partial charge in [0.05, 0.1) is 11.7 Å². The first-order valence-electron chi connectivity index (χ1n) is 8.39. The van der Waals surface area contributed by atoms with Gasteiger partial charge in [-0.25, -0.2) is 9.97 Å². The zero-order valence-electron chi connectivity index (χ0n) is 14.2. The van der Waals surface area contributed by atoms with Crippen LogP contribution in [0.2, 0.25) is 0 Å². The Morgan fingerprint density at radius 2 is 2.12 bits per heavy atom. The third-order valence-corrected chi connectivity index (χ3v) is 4.36. The van der Waals surface area contributed by atoms with Gasteiger partial charge in [-0.1, -0.05) is 0 Å². The van der Waals surface area contributed by atoms with Gasteiger partial charge in [-0.05, 0) is 49.9 Å². The molecule has 2 aromatic rings. The topological polar surface area (TPSA) is 71.0 Å². The summed E-state index contributed by atoms with van der Waals surface area (Å²) < 4.78 is 0. The predicted octanol–water partition coefficient (Wildman–Crippen LogP) is 2.20. The largest absolute Gasteiger partial charge is 0.359 e. The molecule has 0 unspecified atom stereocenters. The van der Waals surface area contributed by atoms with E-state index in [9.17, 15) is 4.79 Å². The van der Waals surface area contributed by atoms with E-state index in [2.05, 4.69) is 32.3 Å². The van der Waals surface area contributed by atoms with E-state index in [0.717, 1.165) is 48.7 Å². The second-order valence-electron chi connectivity index (χ2n) is 6.12. The molecule has 1 saturated heterocycles. The predicted molar refractivity (Wildman–Crippen MR) is 92.7 cm³/mol. The molecule has 0 bridgehead atoms. The van der Waals surface area contributed by atoms with Crippen molar-refractivity contribution in [3.8, 4) is 0 Å². The number of amides is 1. The number of nitrogens with one attached hydrogen (secondary N) is 1. The highest BCUT2D eigenvalue weighted by Crippen LogP contribution is 2.33. The van der Waals surface area contributed by atoms with Gasteiger partial charge < -0.3 is 10.2 Å². The number of carbonyl (C=O) groups excluding carboxylic acids is 1. The van der Waals surface area contributed by atoms with Crippen LogP contribution < -0.4 is 10.2 Å². The van der Waals surface area contributed by atoms with Crippen molar-refractivity contribution in [1.29, 1.82) is 0 Å². The number of rotatable bonds is 5. The van der Waals surface area contributed by atoms with Gasteiger partial charge in [-0.3, -0.25) is 9.78 Å². The number of carbonyl (C=O) groups is 1. The normalized spacial score (nSPS) is 17.1. The van der Waals surface area contributed by atoms with E-state index < -0.39 is 0 Å². The molecule has 1 N–H and O–H groups in total. The summed E-state index contributed by atoms with van der Waals surface area (Å²) >= 11 is 0. The van der Waals surface area contributed by atoms with E-state index in [1.165, 1.54) is 0 Å². The van der Waals surface area contributed by atoms with E-state index in [1.807, 2.05) is 13.0 Å². The third-order valence-electron chi connectivity index (χ3n) is 4.36. The van der Waals surface area contributed by atoms with Gasteiger partial charge in [-0.15, -0.1) is 0 Å². The molecule has 6 nitrogen and oxygen atoms in total. The van der Waals surface area contributed by atoms with Crippen LogP contribution in [0.1, 0.15) is 42.3 Å². The molecule has 1 fully saturated rings. The van der Waals surface area contributed by atoms with Crippen molar-refractivity contribution in [2.45, 2.75) is 38.6 Å².